The third-order valence-electron chi connectivity index (χ3n) is 2.35. The second-order valence-corrected chi connectivity index (χ2v) is 3.63. The Labute approximate surface area is 102 Å². The summed E-state index contributed by atoms with van der Waals surface area (Å²) in [7, 11) is 0. The van der Waals surface area contributed by atoms with Gasteiger partial charge in [-0.1, -0.05) is 6.92 Å². The highest BCUT2D eigenvalue weighted by Crippen LogP contribution is 2.03. The second-order valence-electron chi connectivity index (χ2n) is 3.63. The summed E-state index contributed by atoms with van der Waals surface area (Å²) in [5.74, 6) is -0.340. The lowest BCUT2D eigenvalue weighted by molar-refractivity contribution is 0.0695. The molecule has 2 rings (SSSR count). The second kappa shape index (κ2) is 4.82. The van der Waals surface area contributed by atoms with Crippen LogP contribution >= 0.6 is 0 Å². The largest absolute Gasteiger partial charge is 0.478 e. The molecule has 2 aromatic heterocycles. The van der Waals surface area contributed by atoms with E-state index in [0.29, 0.717) is 12.3 Å². The number of aromatic nitrogens is 3. The number of aromatic carboxylic acids is 1. The zero-order chi connectivity index (χ0) is 13.1. The molecule has 0 saturated heterocycles. The van der Waals surface area contributed by atoms with Gasteiger partial charge in [0.05, 0.1) is 5.56 Å². The Balaban J connectivity index is 2.30. The van der Waals surface area contributed by atoms with Gasteiger partial charge in [0.25, 0.3) is 5.56 Å². The van der Waals surface area contributed by atoms with Gasteiger partial charge in [-0.3, -0.25) is 4.79 Å². The van der Waals surface area contributed by atoms with Gasteiger partial charge < -0.3 is 14.1 Å². The summed E-state index contributed by atoms with van der Waals surface area (Å²) in [5.41, 5.74) is -0.291. The molecule has 0 aliphatic heterocycles. The zero-order valence-electron chi connectivity index (χ0n) is 9.66. The van der Waals surface area contributed by atoms with E-state index in [1.807, 2.05) is 6.92 Å². The summed E-state index contributed by atoms with van der Waals surface area (Å²) in [6.07, 6.45) is 1.86. The van der Waals surface area contributed by atoms with Crippen molar-refractivity contribution in [3.8, 4) is 0 Å². The number of hydrogen-bond donors (Lipinski definition) is 1. The first-order valence-corrected chi connectivity index (χ1v) is 5.35. The normalized spacial score (nSPS) is 10.5. The van der Waals surface area contributed by atoms with E-state index < -0.39 is 5.97 Å². The summed E-state index contributed by atoms with van der Waals surface area (Å²) in [6.45, 7) is 1.93. The Morgan fingerprint density at radius 1 is 1.39 bits per heavy atom. The van der Waals surface area contributed by atoms with E-state index in [4.69, 9.17) is 9.52 Å². The van der Waals surface area contributed by atoms with Crippen molar-refractivity contribution in [3.05, 3.63) is 46.0 Å². The number of nitrogens with zero attached hydrogens (tertiary/aromatic N) is 3. The molecule has 0 spiro atoms. The molecule has 2 aromatic rings. The highest BCUT2D eigenvalue weighted by atomic mass is 16.4. The Hall–Kier alpha value is -2.44. The average molecular weight is 249 g/mol. The monoisotopic (exact) mass is 249 g/mol. The fraction of sp³-hybridized carbons (Fsp3) is 0.273. The van der Waals surface area contributed by atoms with Crippen molar-refractivity contribution in [1.29, 1.82) is 0 Å². The van der Waals surface area contributed by atoms with Gasteiger partial charge in [0, 0.05) is 18.7 Å². The van der Waals surface area contributed by atoms with Gasteiger partial charge in [0.15, 0.2) is 0 Å². The molecule has 0 radical (unpaired) electrons. The standard InChI is InChI=1S/C11H11N3O4/c1-2-8-12-13-9(18-8)6-14-5-7(11(16)17)3-4-10(14)15/h3-5H,2,6H2,1H3,(H,16,17). The highest BCUT2D eigenvalue weighted by molar-refractivity contribution is 5.87. The Morgan fingerprint density at radius 2 is 2.11 bits per heavy atom. The number of carboxylic acids is 1. The molecule has 1 N–H and O–H groups in total. The Kier molecular flexibility index (Phi) is 3.22. The van der Waals surface area contributed by atoms with Crippen molar-refractivity contribution in [2.24, 2.45) is 0 Å². The molecular formula is C11H11N3O4. The van der Waals surface area contributed by atoms with Crippen molar-refractivity contribution in [3.63, 3.8) is 0 Å². The molecule has 7 nitrogen and oxygen atoms in total. The molecule has 0 saturated carbocycles. The summed E-state index contributed by atoms with van der Waals surface area (Å²) in [5, 5.41) is 16.4. The van der Waals surface area contributed by atoms with Crippen LogP contribution in [0.25, 0.3) is 0 Å². The van der Waals surface area contributed by atoms with E-state index in [0.717, 1.165) is 0 Å². The molecule has 0 amide bonds. The van der Waals surface area contributed by atoms with Crippen LogP contribution in [-0.4, -0.2) is 25.8 Å². The van der Waals surface area contributed by atoms with Gasteiger partial charge in [-0.05, 0) is 6.07 Å². The average Bonchev–Trinajstić information content (AvgIpc) is 2.79. The van der Waals surface area contributed by atoms with E-state index >= 15 is 0 Å². The number of rotatable bonds is 4. The maximum absolute atomic E-state index is 11.6. The van der Waals surface area contributed by atoms with Crippen molar-refractivity contribution in [2.45, 2.75) is 19.9 Å². The fourth-order valence-electron chi connectivity index (χ4n) is 1.42. The van der Waals surface area contributed by atoms with Crippen molar-refractivity contribution < 1.29 is 14.3 Å². The predicted molar refractivity (Wildman–Crippen MR) is 60.4 cm³/mol. The van der Waals surface area contributed by atoms with E-state index in [-0.39, 0.29) is 23.6 Å². The first-order chi connectivity index (χ1) is 8.60. The van der Waals surface area contributed by atoms with Gasteiger partial charge in [0.2, 0.25) is 11.8 Å². The highest BCUT2D eigenvalue weighted by Gasteiger charge is 2.09. The molecule has 0 aliphatic carbocycles. The maximum atomic E-state index is 11.6. The van der Waals surface area contributed by atoms with Crippen LogP contribution in [0.5, 0.6) is 0 Å². The third-order valence-corrected chi connectivity index (χ3v) is 2.35. The Bertz CT molecular complexity index is 629. The molecule has 94 valence electrons. The predicted octanol–water partition coefficient (Wildman–Crippen LogP) is 0.540. The van der Waals surface area contributed by atoms with Gasteiger partial charge in [-0.2, -0.15) is 0 Å². The van der Waals surface area contributed by atoms with Gasteiger partial charge in [-0.15, -0.1) is 10.2 Å². The molecule has 7 heteroatoms. The van der Waals surface area contributed by atoms with Crippen LogP contribution in [0.3, 0.4) is 0 Å². The third kappa shape index (κ3) is 2.45. The fourth-order valence-corrected chi connectivity index (χ4v) is 1.42. The summed E-state index contributed by atoms with van der Waals surface area (Å²) in [4.78, 5) is 22.4. The quantitative estimate of drug-likeness (QED) is 0.849. The SMILES string of the molecule is CCc1nnc(Cn2cc(C(=O)O)ccc2=O)o1. The lowest BCUT2D eigenvalue weighted by Gasteiger charge is -2.02. The summed E-state index contributed by atoms with van der Waals surface area (Å²) >= 11 is 0. The van der Waals surface area contributed by atoms with Crippen LogP contribution in [-0.2, 0) is 13.0 Å². The van der Waals surface area contributed by atoms with Crippen LogP contribution in [0, 0.1) is 0 Å². The minimum absolute atomic E-state index is 0.0323. The molecule has 0 aromatic carbocycles. The van der Waals surface area contributed by atoms with Crippen LogP contribution in [0.15, 0.2) is 27.5 Å². The van der Waals surface area contributed by atoms with Crippen molar-refractivity contribution >= 4 is 5.97 Å². The molecule has 0 unspecified atom stereocenters. The maximum Gasteiger partial charge on any atom is 0.337 e. The number of aryl methyl sites for hydroxylation is 1. The van der Waals surface area contributed by atoms with Crippen LogP contribution < -0.4 is 5.56 Å². The molecular weight excluding hydrogens is 238 g/mol. The molecule has 2 heterocycles. The van der Waals surface area contributed by atoms with Crippen molar-refractivity contribution in [1.82, 2.24) is 14.8 Å². The van der Waals surface area contributed by atoms with Crippen molar-refractivity contribution in [2.75, 3.05) is 0 Å². The molecule has 0 aliphatic rings. The molecule has 18 heavy (non-hydrogen) atoms. The molecule has 0 atom stereocenters. The van der Waals surface area contributed by atoms with Crippen LogP contribution in [0.2, 0.25) is 0 Å². The first kappa shape index (κ1) is 12.0. The van der Waals surface area contributed by atoms with Gasteiger partial charge in [-0.25, -0.2) is 4.79 Å². The molecule has 0 fully saturated rings. The zero-order valence-corrected chi connectivity index (χ0v) is 9.66. The van der Waals surface area contributed by atoms with Crippen LogP contribution in [0.1, 0.15) is 29.1 Å². The van der Waals surface area contributed by atoms with Gasteiger partial charge in [0.1, 0.15) is 6.54 Å². The minimum atomic E-state index is -1.09. The lowest BCUT2D eigenvalue weighted by atomic mass is 10.3. The smallest absolute Gasteiger partial charge is 0.337 e. The topological polar surface area (TPSA) is 98.2 Å². The van der Waals surface area contributed by atoms with E-state index in [1.165, 1.54) is 22.9 Å². The van der Waals surface area contributed by atoms with Gasteiger partial charge >= 0.3 is 5.97 Å². The number of carboxylic acid groups (broad SMARTS) is 1. The molecule has 0 bridgehead atoms. The number of hydrogen-bond acceptors (Lipinski definition) is 5. The minimum Gasteiger partial charge on any atom is -0.478 e. The van der Waals surface area contributed by atoms with E-state index in [1.54, 1.807) is 0 Å². The Morgan fingerprint density at radius 3 is 2.72 bits per heavy atom. The van der Waals surface area contributed by atoms with E-state index in [9.17, 15) is 9.59 Å². The van der Waals surface area contributed by atoms with E-state index in [2.05, 4.69) is 10.2 Å². The lowest BCUT2D eigenvalue weighted by Crippen LogP contribution is -2.20. The number of pyridine rings is 1. The summed E-state index contributed by atoms with van der Waals surface area (Å²) < 4.78 is 6.48. The van der Waals surface area contributed by atoms with Crippen LogP contribution in [0.4, 0.5) is 0 Å². The number of carbonyl (C=O) groups is 1. The summed E-state index contributed by atoms with van der Waals surface area (Å²) in [6, 6.07) is 2.45. The first-order valence-electron chi connectivity index (χ1n) is 5.35.